The molecule has 144 valence electrons. The standard InChI is InChI=1S/C21H17F2NO4/c1-26-19-13-14(7-12-18(19)28-21(22)23)20(25)24-15-8-10-17(11-9-15)27-16-5-3-2-4-6-16/h2-13,21H,1H3,(H,24,25). The zero-order valence-corrected chi connectivity index (χ0v) is 14.9. The Kier molecular flexibility index (Phi) is 6.06. The lowest BCUT2D eigenvalue weighted by Gasteiger charge is -2.12. The first-order valence-corrected chi connectivity index (χ1v) is 8.32. The van der Waals surface area contributed by atoms with Crippen molar-refractivity contribution in [1.29, 1.82) is 0 Å². The highest BCUT2D eigenvalue weighted by atomic mass is 19.3. The Bertz CT molecular complexity index is 931. The molecule has 0 radical (unpaired) electrons. The summed E-state index contributed by atoms with van der Waals surface area (Å²) in [7, 11) is 1.31. The maximum Gasteiger partial charge on any atom is 0.387 e. The zero-order valence-electron chi connectivity index (χ0n) is 14.9. The minimum absolute atomic E-state index is 0.0413. The predicted molar refractivity (Wildman–Crippen MR) is 101 cm³/mol. The summed E-state index contributed by atoms with van der Waals surface area (Å²) >= 11 is 0. The summed E-state index contributed by atoms with van der Waals surface area (Å²) in [6.07, 6.45) is 0. The van der Waals surface area contributed by atoms with Crippen molar-refractivity contribution < 1.29 is 27.8 Å². The minimum atomic E-state index is -2.98. The molecule has 0 aromatic heterocycles. The summed E-state index contributed by atoms with van der Waals surface area (Å²) in [4.78, 5) is 12.4. The second-order valence-electron chi connectivity index (χ2n) is 5.64. The summed E-state index contributed by atoms with van der Waals surface area (Å²) in [5.74, 6) is 0.812. The van der Waals surface area contributed by atoms with Gasteiger partial charge in [-0.2, -0.15) is 8.78 Å². The molecular weight excluding hydrogens is 368 g/mol. The van der Waals surface area contributed by atoms with Crippen LogP contribution in [-0.2, 0) is 0 Å². The van der Waals surface area contributed by atoms with E-state index in [0.717, 1.165) is 0 Å². The molecule has 0 saturated carbocycles. The highest BCUT2D eigenvalue weighted by molar-refractivity contribution is 6.04. The molecule has 5 nitrogen and oxygen atoms in total. The van der Waals surface area contributed by atoms with Crippen molar-refractivity contribution in [1.82, 2.24) is 0 Å². The van der Waals surface area contributed by atoms with Crippen molar-refractivity contribution in [3.8, 4) is 23.0 Å². The van der Waals surface area contributed by atoms with E-state index in [-0.39, 0.29) is 17.1 Å². The molecule has 0 aliphatic carbocycles. The van der Waals surface area contributed by atoms with Crippen LogP contribution in [0.2, 0.25) is 0 Å². The van der Waals surface area contributed by atoms with Crippen LogP contribution in [0, 0.1) is 0 Å². The number of rotatable bonds is 7. The van der Waals surface area contributed by atoms with E-state index in [9.17, 15) is 13.6 Å². The van der Waals surface area contributed by atoms with Crippen LogP contribution in [0.5, 0.6) is 23.0 Å². The SMILES string of the molecule is COc1cc(C(=O)Nc2ccc(Oc3ccccc3)cc2)ccc1OC(F)F. The highest BCUT2D eigenvalue weighted by Crippen LogP contribution is 2.30. The maximum atomic E-state index is 12.4. The quantitative estimate of drug-likeness (QED) is 0.596. The number of anilines is 1. The number of benzene rings is 3. The van der Waals surface area contributed by atoms with Gasteiger partial charge in [0.05, 0.1) is 7.11 Å². The van der Waals surface area contributed by atoms with Crippen LogP contribution in [-0.4, -0.2) is 19.6 Å². The summed E-state index contributed by atoms with van der Waals surface area (Å²) in [6, 6.07) is 20.1. The number of amides is 1. The molecule has 0 atom stereocenters. The van der Waals surface area contributed by atoms with Crippen molar-refractivity contribution >= 4 is 11.6 Å². The van der Waals surface area contributed by atoms with Gasteiger partial charge in [-0.15, -0.1) is 0 Å². The van der Waals surface area contributed by atoms with Crippen molar-refractivity contribution in [3.05, 3.63) is 78.4 Å². The molecule has 1 N–H and O–H groups in total. The van der Waals surface area contributed by atoms with Crippen LogP contribution in [0.25, 0.3) is 0 Å². The van der Waals surface area contributed by atoms with Crippen molar-refractivity contribution in [2.75, 3.05) is 12.4 Å². The molecule has 28 heavy (non-hydrogen) atoms. The van der Waals surface area contributed by atoms with Crippen LogP contribution < -0.4 is 19.5 Å². The van der Waals surface area contributed by atoms with E-state index in [1.807, 2.05) is 30.3 Å². The Labute approximate surface area is 160 Å². The van der Waals surface area contributed by atoms with Crippen LogP contribution >= 0.6 is 0 Å². The van der Waals surface area contributed by atoms with Gasteiger partial charge in [0, 0.05) is 11.3 Å². The molecule has 7 heteroatoms. The molecule has 0 aliphatic rings. The van der Waals surface area contributed by atoms with Crippen molar-refractivity contribution in [2.24, 2.45) is 0 Å². The van der Waals surface area contributed by atoms with E-state index in [0.29, 0.717) is 17.2 Å². The molecular formula is C21H17F2NO4. The highest BCUT2D eigenvalue weighted by Gasteiger charge is 2.14. The second kappa shape index (κ2) is 8.85. The van der Waals surface area contributed by atoms with Gasteiger partial charge in [0.25, 0.3) is 5.91 Å². The van der Waals surface area contributed by atoms with Gasteiger partial charge >= 0.3 is 6.61 Å². The van der Waals surface area contributed by atoms with E-state index in [1.54, 1.807) is 24.3 Å². The molecule has 0 saturated heterocycles. The number of alkyl halides is 2. The number of halogens is 2. The molecule has 0 heterocycles. The Morgan fingerprint density at radius 2 is 1.57 bits per heavy atom. The molecule has 0 aliphatic heterocycles. The van der Waals surface area contributed by atoms with Crippen LogP contribution in [0.1, 0.15) is 10.4 Å². The molecule has 3 rings (SSSR count). The smallest absolute Gasteiger partial charge is 0.387 e. The monoisotopic (exact) mass is 385 g/mol. The molecule has 3 aromatic rings. The number of para-hydroxylation sites is 1. The third kappa shape index (κ3) is 4.97. The fourth-order valence-electron chi connectivity index (χ4n) is 2.44. The largest absolute Gasteiger partial charge is 0.493 e. The normalized spacial score (nSPS) is 10.4. The first kappa shape index (κ1) is 19.2. The molecule has 0 spiro atoms. The maximum absolute atomic E-state index is 12.4. The third-order valence-electron chi connectivity index (χ3n) is 3.73. The van der Waals surface area contributed by atoms with Gasteiger partial charge in [0.2, 0.25) is 0 Å². The number of nitrogens with one attached hydrogen (secondary N) is 1. The Hall–Kier alpha value is -3.61. The van der Waals surface area contributed by atoms with Crippen LogP contribution in [0.4, 0.5) is 14.5 Å². The average Bonchev–Trinajstić information content (AvgIpc) is 2.70. The van der Waals surface area contributed by atoms with Gasteiger partial charge < -0.3 is 19.5 Å². The van der Waals surface area contributed by atoms with Gasteiger partial charge in [0.15, 0.2) is 11.5 Å². The first-order chi connectivity index (χ1) is 13.5. The molecule has 0 fully saturated rings. The lowest BCUT2D eigenvalue weighted by atomic mass is 10.2. The first-order valence-electron chi connectivity index (χ1n) is 8.32. The fourth-order valence-corrected chi connectivity index (χ4v) is 2.44. The molecule has 0 bridgehead atoms. The number of carbonyl (C=O) groups excluding carboxylic acids is 1. The van der Waals surface area contributed by atoms with E-state index in [1.165, 1.54) is 25.3 Å². The molecule has 1 amide bonds. The summed E-state index contributed by atoms with van der Waals surface area (Å²) in [6.45, 7) is -2.98. The van der Waals surface area contributed by atoms with Crippen LogP contribution in [0.15, 0.2) is 72.8 Å². The number of ether oxygens (including phenoxy) is 3. The third-order valence-corrected chi connectivity index (χ3v) is 3.73. The van der Waals surface area contributed by atoms with Gasteiger partial charge in [0.1, 0.15) is 11.5 Å². The number of hydrogen-bond acceptors (Lipinski definition) is 4. The summed E-state index contributed by atoms with van der Waals surface area (Å²) in [5, 5.41) is 2.72. The average molecular weight is 385 g/mol. The summed E-state index contributed by atoms with van der Waals surface area (Å²) in [5.41, 5.74) is 0.792. The Morgan fingerprint density at radius 3 is 2.21 bits per heavy atom. The van der Waals surface area contributed by atoms with Crippen LogP contribution in [0.3, 0.4) is 0 Å². The van der Waals surface area contributed by atoms with Crippen molar-refractivity contribution in [2.45, 2.75) is 6.61 Å². The van der Waals surface area contributed by atoms with E-state index >= 15 is 0 Å². The van der Waals surface area contributed by atoms with E-state index in [2.05, 4.69) is 10.1 Å². The van der Waals surface area contributed by atoms with Gasteiger partial charge in [-0.05, 0) is 54.6 Å². The van der Waals surface area contributed by atoms with Gasteiger partial charge in [-0.3, -0.25) is 4.79 Å². The predicted octanol–water partition coefficient (Wildman–Crippen LogP) is 5.34. The number of methoxy groups -OCH3 is 1. The van der Waals surface area contributed by atoms with Gasteiger partial charge in [-0.1, -0.05) is 18.2 Å². The van der Waals surface area contributed by atoms with Gasteiger partial charge in [-0.25, -0.2) is 0 Å². The second-order valence-corrected chi connectivity index (χ2v) is 5.64. The van der Waals surface area contributed by atoms with E-state index in [4.69, 9.17) is 9.47 Å². The molecule has 3 aromatic carbocycles. The fraction of sp³-hybridized carbons (Fsp3) is 0.0952. The topological polar surface area (TPSA) is 56.8 Å². The Morgan fingerprint density at radius 1 is 0.893 bits per heavy atom. The zero-order chi connectivity index (χ0) is 19.9. The minimum Gasteiger partial charge on any atom is -0.493 e. The van der Waals surface area contributed by atoms with E-state index < -0.39 is 12.5 Å². The number of hydrogen-bond donors (Lipinski definition) is 1. The number of carbonyl (C=O) groups is 1. The Balaban J connectivity index is 1.67. The van der Waals surface area contributed by atoms with Crippen molar-refractivity contribution in [3.63, 3.8) is 0 Å². The lowest BCUT2D eigenvalue weighted by molar-refractivity contribution is -0.0512. The summed E-state index contributed by atoms with van der Waals surface area (Å²) < 4.78 is 39.8. The lowest BCUT2D eigenvalue weighted by Crippen LogP contribution is -2.12. The molecule has 0 unspecified atom stereocenters.